The minimum Gasteiger partial charge on any atom is -0.495 e. The Hall–Kier alpha value is -1.31. The molecule has 2 rings (SSSR count). The van der Waals surface area contributed by atoms with Crippen LogP contribution in [0.3, 0.4) is 0 Å². The highest BCUT2D eigenvalue weighted by atomic mass is 35.7. The molecule has 1 heterocycles. The van der Waals surface area contributed by atoms with Crippen LogP contribution in [0.15, 0.2) is 23.1 Å². The summed E-state index contributed by atoms with van der Waals surface area (Å²) in [5.74, 6) is 0.0188. The SMILES string of the molecule is COc1ccc(S(=O)(=O)Cl)cc1NC(=O)C1CCCO1. The highest BCUT2D eigenvalue weighted by Crippen LogP contribution is 2.29. The summed E-state index contributed by atoms with van der Waals surface area (Å²) in [5.41, 5.74) is 0.245. The van der Waals surface area contributed by atoms with Crippen molar-refractivity contribution in [3.63, 3.8) is 0 Å². The maximum absolute atomic E-state index is 12.0. The molecule has 0 radical (unpaired) electrons. The number of carbonyl (C=O) groups is 1. The third kappa shape index (κ3) is 3.41. The number of ether oxygens (including phenoxy) is 2. The summed E-state index contributed by atoms with van der Waals surface area (Å²) in [6.45, 7) is 0.547. The number of carbonyl (C=O) groups excluding carboxylic acids is 1. The van der Waals surface area contributed by atoms with Gasteiger partial charge in [0.2, 0.25) is 0 Å². The van der Waals surface area contributed by atoms with Gasteiger partial charge in [0.25, 0.3) is 15.0 Å². The number of benzene rings is 1. The zero-order valence-electron chi connectivity index (χ0n) is 10.8. The fourth-order valence-corrected chi connectivity index (χ4v) is 2.71. The summed E-state index contributed by atoms with van der Waals surface area (Å²) >= 11 is 0. The van der Waals surface area contributed by atoms with E-state index in [9.17, 15) is 13.2 Å². The molecule has 6 nitrogen and oxygen atoms in total. The highest BCUT2D eigenvalue weighted by Gasteiger charge is 2.25. The highest BCUT2D eigenvalue weighted by molar-refractivity contribution is 8.13. The third-order valence-corrected chi connectivity index (χ3v) is 4.28. The van der Waals surface area contributed by atoms with Gasteiger partial charge in [-0.25, -0.2) is 8.42 Å². The van der Waals surface area contributed by atoms with Crippen LogP contribution in [0.1, 0.15) is 12.8 Å². The van der Waals surface area contributed by atoms with Gasteiger partial charge in [-0.3, -0.25) is 4.79 Å². The average Bonchev–Trinajstić information content (AvgIpc) is 2.91. The molecule has 110 valence electrons. The van der Waals surface area contributed by atoms with Gasteiger partial charge in [-0.15, -0.1) is 0 Å². The summed E-state index contributed by atoms with van der Waals surface area (Å²) in [5, 5.41) is 2.60. The molecule has 1 aromatic carbocycles. The molecule has 0 aliphatic carbocycles. The first kappa shape index (κ1) is 15.1. The van der Waals surface area contributed by atoms with E-state index in [1.807, 2.05) is 0 Å². The lowest BCUT2D eigenvalue weighted by molar-refractivity contribution is -0.124. The normalized spacial score (nSPS) is 18.8. The first-order chi connectivity index (χ1) is 9.41. The van der Waals surface area contributed by atoms with Crippen molar-refractivity contribution >= 4 is 31.3 Å². The Bertz CT molecular complexity index is 610. The zero-order valence-corrected chi connectivity index (χ0v) is 12.3. The van der Waals surface area contributed by atoms with Gasteiger partial charge in [0.15, 0.2) is 0 Å². The van der Waals surface area contributed by atoms with Crippen LogP contribution in [0.5, 0.6) is 5.75 Å². The molecule has 1 unspecified atom stereocenters. The van der Waals surface area contributed by atoms with Crippen molar-refractivity contribution in [3.8, 4) is 5.75 Å². The van der Waals surface area contributed by atoms with Crippen molar-refractivity contribution < 1.29 is 22.7 Å². The molecular formula is C12H14ClNO5S. The maximum atomic E-state index is 12.0. The smallest absolute Gasteiger partial charge is 0.261 e. The number of hydrogen-bond donors (Lipinski definition) is 1. The number of hydrogen-bond acceptors (Lipinski definition) is 5. The summed E-state index contributed by atoms with van der Waals surface area (Å²) in [7, 11) is 2.84. The van der Waals surface area contributed by atoms with Crippen molar-refractivity contribution in [1.29, 1.82) is 0 Å². The van der Waals surface area contributed by atoms with Gasteiger partial charge in [0.1, 0.15) is 11.9 Å². The first-order valence-electron chi connectivity index (χ1n) is 5.97. The van der Waals surface area contributed by atoms with Crippen molar-refractivity contribution in [2.75, 3.05) is 19.0 Å². The predicted molar refractivity (Wildman–Crippen MR) is 73.6 cm³/mol. The molecule has 1 amide bonds. The summed E-state index contributed by atoms with van der Waals surface area (Å²) in [6, 6.07) is 4.00. The molecule has 1 aliphatic rings. The standard InChI is InChI=1S/C12H14ClNO5S/c1-18-10-5-4-8(20(13,16)17)7-9(10)14-12(15)11-3-2-6-19-11/h4-5,7,11H,2-3,6H2,1H3,(H,14,15). The number of halogens is 1. The van der Waals surface area contributed by atoms with E-state index in [1.54, 1.807) is 0 Å². The lowest BCUT2D eigenvalue weighted by Gasteiger charge is -2.14. The van der Waals surface area contributed by atoms with E-state index in [2.05, 4.69) is 5.32 Å². The molecule has 1 aliphatic heterocycles. The second-order valence-corrected chi connectivity index (χ2v) is 6.86. The van der Waals surface area contributed by atoms with E-state index in [4.69, 9.17) is 20.2 Å². The lowest BCUT2D eigenvalue weighted by Crippen LogP contribution is -2.27. The van der Waals surface area contributed by atoms with E-state index in [-0.39, 0.29) is 16.5 Å². The molecule has 1 fully saturated rings. The Morgan fingerprint density at radius 1 is 1.50 bits per heavy atom. The molecule has 0 bridgehead atoms. The number of rotatable bonds is 4. The van der Waals surface area contributed by atoms with E-state index < -0.39 is 15.2 Å². The molecule has 1 atom stereocenters. The van der Waals surface area contributed by atoms with Gasteiger partial charge in [-0.05, 0) is 31.0 Å². The molecular weight excluding hydrogens is 306 g/mol. The fourth-order valence-electron chi connectivity index (χ4n) is 1.93. The summed E-state index contributed by atoms with van der Waals surface area (Å²) in [6.07, 6.45) is 0.948. The molecule has 8 heteroatoms. The predicted octanol–water partition coefficient (Wildman–Crippen LogP) is 1.74. The monoisotopic (exact) mass is 319 g/mol. The Balaban J connectivity index is 2.26. The first-order valence-corrected chi connectivity index (χ1v) is 8.28. The van der Waals surface area contributed by atoms with Crippen molar-refractivity contribution in [2.45, 2.75) is 23.8 Å². The van der Waals surface area contributed by atoms with E-state index in [0.717, 1.165) is 6.42 Å². The minimum absolute atomic E-state index is 0.109. The molecule has 0 saturated carbocycles. The Labute approximate surface area is 121 Å². The van der Waals surface area contributed by atoms with E-state index >= 15 is 0 Å². The number of anilines is 1. The van der Waals surface area contributed by atoms with Crippen LogP contribution in [-0.2, 0) is 18.6 Å². The topological polar surface area (TPSA) is 81.7 Å². The van der Waals surface area contributed by atoms with Gasteiger partial charge in [0, 0.05) is 17.3 Å². The quantitative estimate of drug-likeness (QED) is 0.855. The molecule has 1 N–H and O–H groups in total. The van der Waals surface area contributed by atoms with Crippen LogP contribution in [0.25, 0.3) is 0 Å². The molecule has 20 heavy (non-hydrogen) atoms. The maximum Gasteiger partial charge on any atom is 0.261 e. The zero-order chi connectivity index (χ0) is 14.8. The van der Waals surface area contributed by atoms with Crippen molar-refractivity contribution in [2.24, 2.45) is 0 Å². The third-order valence-electron chi connectivity index (χ3n) is 2.93. The Morgan fingerprint density at radius 2 is 2.25 bits per heavy atom. The Kier molecular flexibility index (Phi) is 4.52. The van der Waals surface area contributed by atoms with Crippen LogP contribution in [0, 0.1) is 0 Å². The summed E-state index contributed by atoms with van der Waals surface area (Å²) in [4.78, 5) is 11.9. The molecule has 0 aromatic heterocycles. The van der Waals surface area contributed by atoms with Gasteiger partial charge in [-0.2, -0.15) is 0 Å². The van der Waals surface area contributed by atoms with Crippen LogP contribution >= 0.6 is 10.7 Å². The van der Waals surface area contributed by atoms with Crippen LogP contribution in [-0.4, -0.2) is 34.1 Å². The average molecular weight is 320 g/mol. The van der Waals surface area contributed by atoms with Gasteiger partial charge < -0.3 is 14.8 Å². The Morgan fingerprint density at radius 3 is 2.80 bits per heavy atom. The fraction of sp³-hybridized carbons (Fsp3) is 0.417. The largest absolute Gasteiger partial charge is 0.495 e. The number of nitrogens with one attached hydrogen (secondary N) is 1. The molecule has 0 spiro atoms. The molecule has 1 saturated heterocycles. The van der Waals surface area contributed by atoms with Crippen LogP contribution in [0.2, 0.25) is 0 Å². The lowest BCUT2D eigenvalue weighted by atomic mass is 10.2. The van der Waals surface area contributed by atoms with Crippen molar-refractivity contribution in [1.82, 2.24) is 0 Å². The number of amides is 1. The van der Waals surface area contributed by atoms with Crippen molar-refractivity contribution in [3.05, 3.63) is 18.2 Å². The van der Waals surface area contributed by atoms with E-state index in [1.165, 1.54) is 25.3 Å². The second-order valence-electron chi connectivity index (χ2n) is 4.29. The van der Waals surface area contributed by atoms with Gasteiger partial charge in [-0.1, -0.05) is 0 Å². The van der Waals surface area contributed by atoms with Gasteiger partial charge >= 0.3 is 0 Å². The minimum atomic E-state index is -3.87. The van der Waals surface area contributed by atoms with Crippen LogP contribution in [0.4, 0.5) is 5.69 Å². The van der Waals surface area contributed by atoms with Gasteiger partial charge in [0.05, 0.1) is 17.7 Å². The van der Waals surface area contributed by atoms with Crippen LogP contribution < -0.4 is 10.1 Å². The second kappa shape index (κ2) is 5.99. The molecule has 1 aromatic rings. The summed E-state index contributed by atoms with van der Waals surface area (Å²) < 4.78 is 33.0. The van der Waals surface area contributed by atoms with E-state index in [0.29, 0.717) is 18.8 Å². The number of methoxy groups -OCH3 is 1.